The molecule has 0 bridgehead atoms. The van der Waals surface area contributed by atoms with Gasteiger partial charge in [-0.1, -0.05) is 18.5 Å². The Morgan fingerprint density at radius 3 is 2.82 bits per heavy atom. The zero-order valence-electron chi connectivity index (χ0n) is 9.79. The van der Waals surface area contributed by atoms with Gasteiger partial charge in [-0.25, -0.2) is 0 Å². The van der Waals surface area contributed by atoms with E-state index in [-0.39, 0.29) is 11.3 Å². The van der Waals surface area contributed by atoms with Gasteiger partial charge < -0.3 is 10.1 Å². The summed E-state index contributed by atoms with van der Waals surface area (Å²) in [5, 5.41) is 2.98. The molecule has 0 unspecified atom stereocenters. The molecule has 0 atom stereocenters. The van der Waals surface area contributed by atoms with Crippen molar-refractivity contribution < 1.29 is 9.53 Å². The molecule has 1 aromatic rings. The van der Waals surface area contributed by atoms with Crippen LogP contribution in [-0.4, -0.2) is 25.7 Å². The molecule has 2 rings (SSSR count). The van der Waals surface area contributed by atoms with Gasteiger partial charge >= 0.3 is 0 Å². The lowest BCUT2D eigenvalue weighted by molar-refractivity contribution is 0.0239. The van der Waals surface area contributed by atoms with Crippen molar-refractivity contribution in [2.24, 2.45) is 5.41 Å². The van der Waals surface area contributed by atoms with Gasteiger partial charge in [0, 0.05) is 19.8 Å². The van der Waals surface area contributed by atoms with Crippen molar-refractivity contribution in [3.8, 4) is 0 Å². The van der Waals surface area contributed by atoms with Gasteiger partial charge in [0.15, 0.2) is 0 Å². The first-order chi connectivity index (χ1) is 8.09. The molecule has 1 N–H and O–H groups in total. The van der Waals surface area contributed by atoms with Gasteiger partial charge in [-0.05, 0) is 30.4 Å². The second-order valence-electron chi connectivity index (χ2n) is 4.71. The van der Waals surface area contributed by atoms with E-state index in [1.165, 1.54) is 11.3 Å². The van der Waals surface area contributed by atoms with E-state index in [1.54, 1.807) is 12.1 Å². The first-order valence-corrected chi connectivity index (χ1v) is 6.90. The molecule has 1 amide bonds. The Bertz CT molecular complexity index is 399. The summed E-state index contributed by atoms with van der Waals surface area (Å²) in [6.07, 6.45) is 2.00. The third-order valence-electron chi connectivity index (χ3n) is 3.17. The molecule has 2 heterocycles. The normalized spacial score (nSPS) is 18.9. The SMILES string of the molecule is CC1(CNC(=O)c2ccc(Cl)s2)CCOCC1. The van der Waals surface area contributed by atoms with E-state index in [9.17, 15) is 4.79 Å². The molecule has 0 radical (unpaired) electrons. The lowest BCUT2D eigenvalue weighted by atomic mass is 9.82. The van der Waals surface area contributed by atoms with Gasteiger partial charge in [-0.3, -0.25) is 4.79 Å². The third kappa shape index (κ3) is 3.44. The molecule has 1 fully saturated rings. The molecule has 1 aromatic heterocycles. The number of halogens is 1. The van der Waals surface area contributed by atoms with E-state index in [2.05, 4.69) is 12.2 Å². The topological polar surface area (TPSA) is 38.3 Å². The predicted molar refractivity (Wildman–Crippen MR) is 69.8 cm³/mol. The second-order valence-corrected chi connectivity index (χ2v) is 6.42. The van der Waals surface area contributed by atoms with Crippen LogP contribution in [0.4, 0.5) is 0 Å². The van der Waals surface area contributed by atoms with Crippen LogP contribution >= 0.6 is 22.9 Å². The highest BCUT2D eigenvalue weighted by Gasteiger charge is 2.27. The molecule has 1 saturated heterocycles. The first-order valence-electron chi connectivity index (χ1n) is 5.70. The lowest BCUT2D eigenvalue weighted by Gasteiger charge is -2.33. The minimum Gasteiger partial charge on any atom is -0.381 e. The number of amides is 1. The van der Waals surface area contributed by atoms with Crippen LogP contribution in [0.5, 0.6) is 0 Å². The highest BCUT2D eigenvalue weighted by Crippen LogP contribution is 2.29. The van der Waals surface area contributed by atoms with E-state index < -0.39 is 0 Å². The first kappa shape index (κ1) is 12.9. The summed E-state index contributed by atoms with van der Waals surface area (Å²) >= 11 is 7.11. The van der Waals surface area contributed by atoms with Crippen LogP contribution in [0.2, 0.25) is 4.34 Å². The Labute approximate surface area is 110 Å². The largest absolute Gasteiger partial charge is 0.381 e. The van der Waals surface area contributed by atoms with Gasteiger partial charge in [-0.15, -0.1) is 11.3 Å². The Hall–Kier alpha value is -0.580. The molecule has 1 aliphatic heterocycles. The van der Waals surface area contributed by atoms with Crippen LogP contribution in [0.15, 0.2) is 12.1 Å². The summed E-state index contributed by atoms with van der Waals surface area (Å²) in [6.45, 7) is 4.47. The Morgan fingerprint density at radius 2 is 2.24 bits per heavy atom. The fraction of sp³-hybridized carbons (Fsp3) is 0.583. The summed E-state index contributed by atoms with van der Waals surface area (Å²) in [5.74, 6) is -0.0328. The van der Waals surface area contributed by atoms with Crippen molar-refractivity contribution in [3.63, 3.8) is 0 Å². The van der Waals surface area contributed by atoms with Gasteiger partial charge in [-0.2, -0.15) is 0 Å². The Kier molecular flexibility index (Phi) is 4.07. The number of carbonyl (C=O) groups excluding carboxylic acids is 1. The maximum atomic E-state index is 11.9. The highest BCUT2D eigenvalue weighted by atomic mass is 35.5. The van der Waals surface area contributed by atoms with Crippen LogP contribution in [0.25, 0.3) is 0 Å². The third-order valence-corrected chi connectivity index (χ3v) is 4.40. The van der Waals surface area contributed by atoms with Gasteiger partial charge in [0.25, 0.3) is 5.91 Å². The average molecular weight is 274 g/mol. The molecule has 5 heteroatoms. The number of rotatable bonds is 3. The van der Waals surface area contributed by atoms with E-state index in [1.807, 2.05) is 0 Å². The Balaban J connectivity index is 1.87. The van der Waals surface area contributed by atoms with Crippen LogP contribution < -0.4 is 5.32 Å². The Morgan fingerprint density at radius 1 is 1.53 bits per heavy atom. The molecule has 0 aromatic carbocycles. The summed E-state index contributed by atoms with van der Waals surface area (Å²) in [7, 11) is 0. The minimum absolute atomic E-state index is 0.0328. The minimum atomic E-state index is -0.0328. The highest BCUT2D eigenvalue weighted by molar-refractivity contribution is 7.17. The van der Waals surface area contributed by atoms with Crippen molar-refractivity contribution >= 4 is 28.8 Å². The fourth-order valence-electron chi connectivity index (χ4n) is 1.86. The second kappa shape index (κ2) is 5.38. The number of nitrogens with one attached hydrogen (secondary N) is 1. The molecule has 94 valence electrons. The van der Waals surface area contributed by atoms with E-state index in [0.29, 0.717) is 15.8 Å². The summed E-state index contributed by atoms with van der Waals surface area (Å²) in [5.41, 5.74) is 0.162. The van der Waals surface area contributed by atoms with E-state index in [4.69, 9.17) is 16.3 Å². The zero-order valence-corrected chi connectivity index (χ0v) is 11.4. The van der Waals surface area contributed by atoms with Crippen LogP contribution in [-0.2, 0) is 4.74 Å². The maximum Gasteiger partial charge on any atom is 0.261 e. The van der Waals surface area contributed by atoms with Crippen molar-refractivity contribution in [1.29, 1.82) is 0 Å². The standard InChI is InChI=1S/C12H16ClNO2S/c1-12(4-6-16-7-5-12)8-14-11(15)9-2-3-10(13)17-9/h2-3H,4-8H2,1H3,(H,14,15). The molecular weight excluding hydrogens is 258 g/mol. The van der Waals surface area contributed by atoms with Crippen molar-refractivity contribution in [2.45, 2.75) is 19.8 Å². The molecule has 1 aliphatic rings. The van der Waals surface area contributed by atoms with E-state index in [0.717, 1.165) is 26.1 Å². The number of hydrogen-bond donors (Lipinski definition) is 1. The average Bonchev–Trinajstić information content (AvgIpc) is 2.74. The summed E-state index contributed by atoms with van der Waals surface area (Å²) in [4.78, 5) is 12.5. The lowest BCUT2D eigenvalue weighted by Crippen LogP contribution is -2.39. The smallest absolute Gasteiger partial charge is 0.261 e. The molecule has 0 spiro atoms. The van der Waals surface area contributed by atoms with E-state index >= 15 is 0 Å². The predicted octanol–water partition coefficient (Wildman–Crippen LogP) is 2.95. The quantitative estimate of drug-likeness (QED) is 0.920. The summed E-state index contributed by atoms with van der Waals surface area (Å²) in [6, 6.07) is 3.51. The van der Waals surface area contributed by atoms with Gasteiger partial charge in [0.2, 0.25) is 0 Å². The maximum absolute atomic E-state index is 11.9. The monoisotopic (exact) mass is 273 g/mol. The molecular formula is C12H16ClNO2S. The fourth-order valence-corrected chi connectivity index (χ4v) is 2.82. The van der Waals surface area contributed by atoms with Crippen molar-refractivity contribution in [1.82, 2.24) is 5.32 Å². The zero-order chi connectivity index (χ0) is 12.3. The van der Waals surface area contributed by atoms with Crippen molar-refractivity contribution in [3.05, 3.63) is 21.3 Å². The molecule has 17 heavy (non-hydrogen) atoms. The number of hydrogen-bond acceptors (Lipinski definition) is 3. The molecule has 0 saturated carbocycles. The molecule has 3 nitrogen and oxygen atoms in total. The van der Waals surface area contributed by atoms with Crippen LogP contribution in [0.1, 0.15) is 29.4 Å². The van der Waals surface area contributed by atoms with Crippen LogP contribution in [0, 0.1) is 5.41 Å². The summed E-state index contributed by atoms with van der Waals surface area (Å²) < 4.78 is 5.98. The number of carbonyl (C=O) groups is 1. The van der Waals surface area contributed by atoms with Crippen molar-refractivity contribution in [2.75, 3.05) is 19.8 Å². The molecule has 0 aliphatic carbocycles. The van der Waals surface area contributed by atoms with Gasteiger partial charge in [0.1, 0.15) is 0 Å². The number of ether oxygens (including phenoxy) is 1. The van der Waals surface area contributed by atoms with Gasteiger partial charge in [0.05, 0.1) is 9.21 Å². The van der Waals surface area contributed by atoms with Crippen LogP contribution in [0.3, 0.4) is 0 Å². The number of thiophene rings is 1.